The van der Waals surface area contributed by atoms with Crippen LogP contribution >= 0.6 is 0 Å². The van der Waals surface area contributed by atoms with E-state index >= 15 is 0 Å². The molecule has 0 unspecified atom stereocenters. The molecular formula is C22H21FO5. The van der Waals surface area contributed by atoms with Crippen molar-refractivity contribution in [3.63, 3.8) is 0 Å². The van der Waals surface area contributed by atoms with E-state index in [1.165, 1.54) is 26.2 Å². The number of hydrogen-bond donors (Lipinski definition) is 0. The second kappa shape index (κ2) is 9.10. The summed E-state index contributed by atoms with van der Waals surface area (Å²) < 4.78 is 30.1. The third kappa shape index (κ3) is 5.14. The van der Waals surface area contributed by atoms with Gasteiger partial charge in [0.25, 0.3) is 0 Å². The fraction of sp³-hybridized carbons (Fsp3) is 0.182. The third-order valence-electron chi connectivity index (χ3n) is 3.73. The maximum absolute atomic E-state index is 14.7. The molecule has 0 aliphatic carbocycles. The Morgan fingerprint density at radius 3 is 1.86 bits per heavy atom. The number of ether oxygens (including phenoxy) is 3. The van der Waals surface area contributed by atoms with E-state index in [0.717, 1.165) is 6.07 Å². The number of carbonyl (C=O) groups excluding carboxylic acids is 2. The fourth-order valence-corrected chi connectivity index (χ4v) is 2.34. The van der Waals surface area contributed by atoms with Gasteiger partial charge in [0.05, 0.1) is 6.61 Å². The lowest BCUT2D eigenvalue weighted by atomic mass is 9.99. The maximum atomic E-state index is 14.7. The van der Waals surface area contributed by atoms with Gasteiger partial charge in [0.1, 0.15) is 17.3 Å². The molecule has 0 aromatic heterocycles. The molecule has 0 aliphatic rings. The van der Waals surface area contributed by atoms with Crippen molar-refractivity contribution in [1.82, 2.24) is 0 Å². The van der Waals surface area contributed by atoms with Crippen molar-refractivity contribution in [2.75, 3.05) is 7.11 Å². The van der Waals surface area contributed by atoms with Crippen LogP contribution in [0.3, 0.4) is 0 Å². The Kier molecular flexibility index (Phi) is 6.84. The van der Waals surface area contributed by atoms with Crippen LogP contribution in [0.25, 0.3) is 11.1 Å². The van der Waals surface area contributed by atoms with Crippen LogP contribution in [-0.2, 0) is 20.9 Å². The van der Waals surface area contributed by atoms with Gasteiger partial charge in [-0.2, -0.15) is 0 Å². The molecule has 0 heterocycles. The van der Waals surface area contributed by atoms with E-state index in [4.69, 9.17) is 14.2 Å². The Balaban J connectivity index is 2.37. The Bertz CT molecular complexity index is 946. The summed E-state index contributed by atoms with van der Waals surface area (Å²) in [4.78, 5) is 23.3. The molecular weight excluding hydrogens is 363 g/mol. The Morgan fingerprint density at radius 1 is 0.893 bits per heavy atom. The van der Waals surface area contributed by atoms with Gasteiger partial charge in [0, 0.05) is 29.9 Å². The van der Waals surface area contributed by atoms with Gasteiger partial charge in [-0.25, -0.2) is 14.0 Å². The van der Waals surface area contributed by atoms with Crippen LogP contribution in [0.5, 0.6) is 11.5 Å². The largest absolute Gasteiger partial charge is 0.423 e. The molecule has 0 aliphatic heterocycles. The van der Waals surface area contributed by atoms with E-state index < -0.39 is 17.8 Å². The average Bonchev–Trinajstić information content (AvgIpc) is 2.62. The highest BCUT2D eigenvalue weighted by Crippen LogP contribution is 2.32. The smallest absolute Gasteiger partial charge is 0.338 e. The molecule has 2 aromatic rings. The Labute approximate surface area is 163 Å². The highest BCUT2D eigenvalue weighted by atomic mass is 19.1. The molecule has 0 spiro atoms. The van der Waals surface area contributed by atoms with Gasteiger partial charge in [-0.15, -0.1) is 0 Å². The number of esters is 2. The SMILES string of the molecule is C=C(C)C(=O)Oc1ccc(-c2ccc(OC(=O)C(=C)C)cc2COC)c(F)c1. The normalized spacial score (nSPS) is 10.3. The number of benzene rings is 2. The lowest BCUT2D eigenvalue weighted by Gasteiger charge is -2.13. The lowest BCUT2D eigenvalue weighted by molar-refractivity contribution is -0.130. The Hall–Kier alpha value is -3.25. The minimum atomic E-state index is -0.629. The second-order valence-corrected chi connectivity index (χ2v) is 6.23. The molecule has 146 valence electrons. The second-order valence-electron chi connectivity index (χ2n) is 6.23. The molecule has 2 aromatic carbocycles. The minimum Gasteiger partial charge on any atom is -0.423 e. The summed E-state index contributed by atoms with van der Waals surface area (Å²) in [6.07, 6.45) is 0. The highest BCUT2D eigenvalue weighted by Gasteiger charge is 2.15. The summed E-state index contributed by atoms with van der Waals surface area (Å²) in [6, 6.07) is 8.92. The van der Waals surface area contributed by atoms with E-state index in [9.17, 15) is 14.0 Å². The standard InChI is InChI=1S/C22H21FO5/c1-13(2)21(24)27-16-6-8-18(15(10-16)12-26-5)19-9-7-17(11-20(19)23)28-22(25)14(3)4/h6-11H,1,3,12H2,2,4-5H3. The van der Waals surface area contributed by atoms with Gasteiger partial charge in [0.15, 0.2) is 0 Å². The van der Waals surface area contributed by atoms with Crippen LogP contribution in [0.2, 0.25) is 0 Å². The van der Waals surface area contributed by atoms with E-state index in [1.807, 2.05) is 0 Å². The maximum Gasteiger partial charge on any atom is 0.338 e. The summed E-state index contributed by atoms with van der Waals surface area (Å²) in [6.45, 7) is 10.3. The van der Waals surface area contributed by atoms with E-state index in [0.29, 0.717) is 22.4 Å². The number of hydrogen-bond acceptors (Lipinski definition) is 5. The molecule has 0 amide bonds. The topological polar surface area (TPSA) is 61.8 Å². The van der Waals surface area contributed by atoms with Gasteiger partial charge < -0.3 is 14.2 Å². The van der Waals surface area contributed by atoms with Crippen LogP contribution in [-0.4, -0.2) is 19.0 Å². The van der Waals surface area contributed by atoms with Crippen molar-refractivity contribution in [2.24, 2.45) is 0 Å². The zero-order chi connectivity index (χ0) is 20.8. The van der Waals surface area contributed by atoms with E-state index in [2.05, 4.69) is 13.2 Å². The molecule has 2 rings (SSSR count). The predicted molar refractivity (Wildman–Crippen MR) is 103 cm³/mol. The molecule has 0 fully saturated rings. The monoisotopic (exact) mass is 384 g/mol. The Morgan fingerprint density at radius 2 is 1.39 bits per heavy atom. The van der Waals surface area contributed by atoms with Gasteiger partial charge >= 0.3 is 11.9 Å². The molecule has 0 radical (unpaired) electrons. The van der Waals surface area contributed by atoms with Crippen molar-refractivity contribution >= 4 is 11.9 Å². The van der Waals surface area contributed by atoms with Crippen LogP contribution in [0.1, 0.15) is 19.4 Å². The number of methoxy groups -OCH3 is 1. The first kappa shape index (κ1) is 21.1. The van der Waals surface area contributed by atoms with Crippen molar-refractivity contribution < 1.29 is 28.2 Å². The van der Waals surface area contributed by atoms with Crippen molar-refractivity contribution in [3.05, 3.63) is 72.1 Å². The molecule has 5 nitrogen and oxygen atoms in total. The fourth-order valence-electron chi connectivity index (χ4n) is 2.34. The van der Waals surface area contributed by atoms with Gasteiger partial charge in [-0.1, -0.05) is 19.2 Å². The van der Waals surface area contributed by atoms with Gasteiger partial charge in [-0.3, -0.25) is 0 Å². The third-order valence-corrected chi connectivity index (χ3v) is 3.73. The molecule has 28 heavy (non-hydrogen) atoms. The number of halogens is 1. The van der Waals surface area contributed by atoms with Crippen LogP contribution in [0, 0.1) is 5.82 Å². The summed E-state index contributed by atoms with van der Waals surface area (Å²) in [5, 5.41) is 0. The molecule has 0 atom stereocenters. The summed E-state index contributed by atoms with van der Waals surface area (Å²) in [7, 11) is 1.51. The minimum absolute atomic E-state index is 0.0783. The molecule has 0 bridgehead atoms. The number of carbonyl (C=O) groups is 2. The first-order valence-corrected chi connectivity index (χ1v) is 8.40. The summed E-state index contributed by atoms with van der Waals surface area (Å²) in [5.74, 6) is -1.37. The quantitative estimate of drug-likeness (QED) is 0.397. The zero-order valence-electron chi connectivity index (χ0n) is 16.0. The molecule has 6 heteroatoms. The molecule has 0 saturated heterocycles. The summed E-state index contributed by atoms with van der Waals surface area (Å²) in [5.41, 5.74) is 1.96. The predicted octanol–water partition coefficient (Wildman–Crippen LogP) is 4.60. The first-order valence-electron chi connectivity index (χ1n) is 8.40. The molecule has 0 saturated carbocycles. The van der Waals surface area contributed by atoms with Crippen LogP contribution < -0.4 is 9.47 Å². The number of rotatable bonds is 7. The van der Waals surface area contributed by atoms with Crippen LogP contribution in [0.15, 0.2) is 60.7 Å². The van der Waals surface area contributed by atoms with Crippen LogP contribution in [0.4, 0.5) is 4.39 Å². The van der Waals surface area contributed by atoms with Crippen molar-refractivity contribution in [2.45, 2.75) is 20.5 Å². The van der Waals surface area contributed by atoms with E-state index in [1.54, 1.807) is 25.1 Å². The van der Waals surface area contributed by atoms with Gasteiger partial charge in [-0.05, 0) is 49.2 Å². The lowest BCUT2D eigenvalue weighted by Crippen LogP contribution is -2.09. The zero-order valence-corrected chi connectivity index (χ0v) is 16.0. The highest BCUT2D eigenvalue weighted by molar-refractivity contribution is 5.89. The van der Waals surface area contributed by atoms with Crippen molar-refractivity contribution in [3.8, 4) is 22.6 Å². The van der Waals surface area contributed by atoms with Crippen molar-refractivity contribution in [1.29, 1.82) is 0 Å². The summed E-state index contributed by atoms with van der Waals surface area (Å²) >= 11 is 0. The van der Waals surface area contributed by atoms with E-state index in [-0.39, 0.29) is 23.5 Å². The first-order chi connectivity index (χ1) is 13.2. The van der Waals surface area contributed by atoms with Gasteiger partial charge in [0.2, 0.25) is 0 Å². The average molecular weight is 384 g/mol. The molecule has 0 N–H and O–H groups in total.